The topological polar surface area (TPSA) is 144 Å². The van der Waals surface area contributed by atoms with Gasteiger partial charge in [0.1, 0.15) is 6.20 Å². The highest BCUT2D eigenvalue weighted by atomic mass is 16.6. The molecule has 0 aliphatic carbocycles. The molecule has 0 fully saturated rings. The smallest absolute Gasteiger partial charge is 0.319 e. The fourth-order valence-electron chi connectivity index (χ4n) is 1.58. The number of nitrogens with one attached hydrogen (secondary N) is 2. The molecule has 1 aromatic heterocycles. The van der Waals surface area contributed by atoms with E-state index >= 15 is 0 Å². The molecule has 0 aliphatic heterocycles. The number of benzene rings is 1. The Kier molecular flexibility index (Phi) is 3.42. The summed E-state index contributed by atoms with van der Waals surface area (Å²) in [4.78, 5) is 33.1. The van der Waals surface area contributed by atoms with Crippen molar-refractivity contribution in [3.8, 4) is 0 Å². The number of anilines is 1. The maximum absolute atomic E-state index is 11.9. The van der Waals surface area contributed by atoms with Crippen LogP contribution < -0.4 is 11.1 Å². The SMILES string of the molecule is NC(=O)c1ccccc1NC(=O)c1[nH]ncc1[N+](=O)[O-]. The van der Waals surface area contributed by atoms with Gasteiger partial charge in [0.2, 0.25) is 5.69 Å². The molecule has 0 aliphatic rings. The zero-order valence-corrected chi connectivity index (χ0v) is 9.99. The number of nitrogens with two attached hydrogens (primary N) is 1. The number of primary amides is 1. The van der Waals surface area contributed by atoms with Gasteiger partial charge in [0.25, 0.3) is 11.8 Å². The minimum absolute atomic E-state index is 0.100. The molecule has 2 rings (SSSR count). The number of carbonyl (C=O) groups excluding carboxylic acids is 2. The van der Waals surface area contributed by atoms with Crippen LogP contribution in [0.2, 0.25) is 0 Å². The zero-order valence-electron chi connectivity index (χ0n) is 9.99. The van der Waals surface area contributed by atoms with Crippen molar-refractivity contribution in [1.29, 1.82) is 0 Å². The van der Waals surface area contributed by atoms with Crippen molar-refractivity contribution in [3.63, 3.8) is 0 Å². The van der Waals surface area contributed by atoms with Gasteiger partial charge >= 0.3 is 5.69 Å². The van der Waals surface area contributed by atoms with Gasteiger partial charge in [-0.3, -0.25) is 24.8 Å². The molecule has 9 nitrogen and oxygen atoms in total. The summed E-state index contributed by atoms with van der Waals surface area (Å²) in [5, 5.41) is 18.8. The summed E-state index contributed by atoms with van der Waals surface area (Å²) < 4.78 is 0. The summed E-state index contributed by atoms with van der Waals surface area (Å²) in [6.07, 6.45) is 0.925. The van der Waals surface area contributed by atoms with Crippen LogP contribution in [0.15, 0.2) is 30.5 Å². The van der Waals surface area contributed by atoms with Crippen LogP contribution in [0.25, 0.3) is 0 Å². The van der Waals surface area contributed by atoms with Crippen molar-refractivity contribution in [2.24, 2.45) is 5.73 Å². The maximum atomic E-state index is 11.9. The van der Waals surface area contributed by atoms with Crippen LogP contribution in [0.4, 0.5) is 11.4 Å². The first-order chi connectivity index (χ1) is 9.50. The van der Waals surface area contributed by atoms with Crippen molar-refractivity contribution < 1.29 is 14.5 Å². The average molecular weight is 275 g/mol. The molecule has 0 unspecified atom stereocenters. The second-order valence-electron chi connectivity index (χ2n) is 3.75. The number of nitro groups is 1. The standard InChI is InChI=1S/C11H9N5O4/c12-10(17)6-3-1-2-4-7(6)14-11(18)9-8(16(19)20)5-13-15-9/h1-5H,(H2,12,17)(H,13,15)(H,14,18). The number of aromatic nitrogens is 2. The summed E-state index contributed by atoms with van der Waals surface area (Å²) in [6.45, 7) is 0. The number of nitrogens with zero attached hydrogens (tertiary/aromatic N) is 2. The molecule has 20 heavy (non-hydrogen) atoms. The molecule has 0 spiro atoms. The van der Waals surface area contributed by atoms with E-state index in [0.29, 0.717) is 0 Å². The van der Waals surface area contributed by atoms with Gasteiger partial charge in [-0.05, 0) is 12.1 Å². The lowest BCUT2D eigenvalue weighted by Gasteiger charge is -2.07. The quantitative estimate of drug-likeness (QED) is 0.554. The lowest BCUT2D eigenvalue weighted by molar-refractivity contribution is -0.385. The molecule has 0 atom stereocenters. The predicted octanol–water partition coefficient (Wildman–Crippen LogP) is 0.669. The Balaban J connectivity index is 2.31. The lowest BCUT2D eigenvalue weighted by atomic mass is 10.1. The molecule has 0 saturated heterocycles. The van der Waals surface area contributed by atoms with Crippen LogP contribution in [0, 0.1) is 10.1 Å². The number of amides is 2. The molecule has 1 aromatic carbocycles. The zero-order chi connectivity index (χ0) is 14.7. The van der Waals surface area contributed by atoms with Gasteiger partial charge in [0.15, 0.2) is 0 Å². The Labute approximate surface area is 111 Å². The van der Waals surface area contributed by atoms with E-state index in [4.69, 9.17) is 5.73 Å². The molecule has 4 N–H and O–H groups in total. The van der Waals surface area contributed by atoms with Crippen molar-refractivity contribution >= 4 is 23.2 Å². The fraction of sp³-hybridized carbons (Fsp3) is 0. The second kappa shape index (κ2) is 5.18. The Hall–Kier alpha value is -3.23. The maximum Gasteiger partial charge on any atom is 0.319 e. The summed E-state index contributed by atoms with van der Waals surface area (Å²) >= 11 is 0. The van der Waals surface area contributed by atoms with Gasteiger partial charge in [-0.2, -0.15) is 5.10 Å². The van der Waals surface area contributed by atoms with E-state index in [1.807, 2.05) is 0 Å². The second-order valence-corrected chi connectivity index (χ2v) is 3.75. The third kappa shape index (κ3) is 2.46. The summed E-state index contributed by atoms with van der Waals surface area (Å²) in [7, 11) is 0. The number of hydrogen-bond donors (Lipinski definition) is 3. The molecule has 0 saturated carbocycles. The first kappa shape index (κ1) is 13.2. The number of carbonyl (C=O) groups is 2. The minimum atomic E-state index is -0.789. The molecule has 9 heteroatoms. The van der Waals surface area contributed by atoms with Gasteiger partial charge in [0, 0.05) is 0 Å². The van der Waals surface area contributed by atoms with Crippen LogP contribution in [0.5, 0.6) is 0 Å². The van der Waals surface area contributed by atoms with Crippen molar-refractivity contribution in [2.45, 2.75) is 0 Å². The highest BCUT2D eigenvalue weighted by Gasteiger charge is 2.23. The Morgan fingerprint density at radius 1 is 1.35 bits per heavy atom. The Morgan fingerprint density at radius 2 is 2.05 bits per heavy atom. The van der Waals surface area contributed by atoms with Crippen LogP contribution in [-0.4, -0.2) is 26.9 Å². The predicted molar refractivity (Wildman–Crippen MR) is 68.2 cm³/mol. The molecular formula is C11H9N5O4. The van der Waals surface area contributed by atoms with Crippen LogP contribution in [0.3, 0.4) is 0 Å². The van der Waals surface area contributed by atoms with Crippen molar-refractivity contribution in [3.05, 3.63) is 51.8 Å². The van der Waals surface area contributed by atoms with Crippen LogP contribution in [-0.2, 0) is 0 Å². The highest BCUT2D eigenvalue weighted by Crippen LogP contribution is 2.19. The summed E-state index contributed by atoms with van der Waals surface area (Å²) in [5.41, 5.74) is 4.66. The molecule has 0 bridgehead atoms. The van der Waals surface area contributed by atoms with E-state index in [0.717, 1.165) is 6.20 Å². The highest BCUT2D eigenvalue weighted by molar-refractivity contribution is 6.09. The first-order valence-electron chi connectivity index (χ1n) is 5.38. The average Bonchev–Trinajstić information content (AvgIpc) is 2.88. The largest absolute Gasteiger partial charge is 0.366 e. The number of hydrogen-bond acceptors (Lipinski definition) is 5. The van der Waals surface area contributed by atoms with Crippen LogP contribution >= 0.6 is 0 Å². The van der Waals surface area contributed by atoms with E-state index in [2.05, 4.69) is 15.5 Å². The third-order valence-electron chi connectivity index (χ3n) is 2.48. The van der Waals surface area contributed by atoms with Gasteiger partial charge < -0.3 is 11.1 Å². The third-order valence-corrected chi connectivity index (χ3v) is 2.48. The van der Waals surface area contributed by atoms with E-state index < -0.39 is 22.4 Å². The minimum Gasteiger partial charge on any atom is -0.366 e. The Morgan fingerprint density at radius 3 is 2.70 bits per heavy atom. The Bertz CT molecular complexity index is 694. The normalized spacial score (nSPS) is 10.0. The molecule has 0 radical (unpaired) electrons. The molecular weight excluding hydrogens is 266 g/mol. The van der Waals surface area contributed by atoms with E-state index in [9.17, 15) is 19.7 Å². The van der Waals surface area contributed by atoms with Gasteiger partial charge in [0.05, 0.1) is 16.2 Å². The molecule has 102 valence electrons. The first-order valence-corrected chi connectivity index (χ1v) is 5.38. The number of aromatic amines is 1. The summed E-state index contributed by atoms with van der Waals surface area (Å²) in [5.74, 6) is -1.51. The number of rotatable bonds is 4. The van der Waals surface area contributed by atoms with Gasteiger partial charge in [-0.15, -0.1) is 0 Å². The monoisotopic (exact) mass is 275 g/mol. The van der Waals surface area contributed by atoms with E-state index in [-0.39, 0.29) is 16.9 Å². The van der Waals surface area contributed by atoms with E-state index in [1.54, 1.807) is 12.1 Å². The van der Waals surface area contributed by atoms with Crippen molar-refractivity contribution in [1.82, 2.24) is 10.2 Å². The summed E-state index contributed by atoms with van der Waals surface area (Å²) in [6, 6.07) is 6.05. The lowest BCUT2D eigenvalue weighted by Crippen LogP contribution is -2.19. The van der Waals surface area contributed by atoms with Gasteiger partial charge in [-0.25, -0.2) is 0 Å². The molecule has 2 amide bonds. The fourth-order valence-corrected chi connectivity index (χ4v) is 1.58. The van der Waals surface area contributed by atoms with Gasteiger partial charge in [-0.1, -0.05) is 12.1 Å². The molecule has 2 aromatic rings. The number of para-hydroxylation sites is 1. The van der Waals surface area contributed by atoms with Crippen LogP contribution in [0.1, 0.15) is 20.8 Å². The van der Waals surface area contributed by atoms with Crippen molar-refractivity contribution in [2.75, 3.05) is 5.32 Å². The number of H-pyrrole nitrogens is 1. The van der Waals surface area contributed by atoms with E-state index in [1.165, 1.54) is 12.1 Å². The molecule has 1 heterocycles.